The Kier molecular flexibility index (Phi) is 3.89. The number of aryl methyl sites for hydroxylation is 1. The smallest absolute Gasteiger partial charge is 0.262 e. The summed E-state index contributed by atoms with van der Waals surface area (Å²) < 4.78 is 35.2. The van der Waals surface area contributed by atoms with Crippen LogP contribution in [0.2, 0.25) is 5.02 Å². The Morgan fingerprint density at radius 3 is 3.08 bits per heavy atom. The number of carbonyl (C=O) groups excluding carboxylic acids is 1. The lowest BCUT2D eigenvalue weighted by Gasteiger charge is -2.24. The molecule has 1 aromatic carbocycles. The largest absolute Gasteiger partial charge is 0.482 e. The van der Waals surface area contributed by atoms with E-state index in [1.165, 1.54) is 18.5 Å². The molecule has 1 aromatic heterocycles. The molecule has 1 amide bonds. The maximum Gasteiger partial charge on any atom is 0.262 e. The minimum Gasteiger partial charge on any atom is -0.482 e. The van der Waals surface area contributed by atoms with Gasteiger partial charge in [0.2, 0.25) is 10.0 Å². The second kappa shape index (κ2) is 5.97. The molecule has 3 heterocycles. The number of sulfonamides is 1. The van der Waals surface area contributed by atoms with E-state index < -0.39 is 16.1 Å². The lowest BCUT2D eigenvalue weighted by Crippen LogP contribution is -2.33. The van der Waals surface area contributed by atoms with E-state index in [4.69, 9.17) is 16.3 Å². The topological polar surface area (TPSA) is 115 Å². The maximum absolute atomic E-state index is 12.8. The van der Waals surface area contributed by atoms with Crippen molar-refractivity contribution in [3.8, 4) is 5.75 Å². The zero-order valence-electron chi connectivity index (χ0n) is 12.9. The number of fused-ring (bicyclic) bond motifs is 2. The van der Waals surface area contributed by atoms with Gasteiger partial charge in [-0.3, -0.25) is 4.79 Å². The van der Waals surface area contributed by atoms with Gasteiger partial charge in [-0.2, -0.15) is 5.10 Å². The van der Waals surface area contributed by atoms with Crippen molar-refractivity contribution in [3.05, 3.63) is 29.3 Å². The molecule has 1 atom stereocenters. The molecule has 2 N–H and O–H groups in total. The highest BCUT2D eigenvalue weighted by Gasteiger charge is 2.30. The van der Waals surface area contributed by atoms with Gasteiger partial charge >= 0.3 is 0 Å². The highest BCUT2D eigenvalue weighted by molar-refractivity contribution is 7.89. The molecule has 1 unspecified atom stereocenters. The highest BCUT2D eigenvalue weighted by Crippen LogP contribution is 2.36. The van der Waals surface area contributed by atoms with Gasteiger partial charge in [-0.1, -0.05) is 11.6 Å². The van der Waals surface area contributed by atoms with Crippen LogP contribution in [0.25, 0.3) is 0 Å². The molecule has 2 aromatic rings. The van der Waals surface area contributed by atoms with Crippen molar-refractivity contribution in [2.75, 3.05) is 11.9 Å². The average Bonchev–Trinajstić information content (AvgIpc) is 3.03. The van der Waals surface area contributed by atoms with Crippen LogP contribution < -0.4 is 14.8 Å². The fourth-order valence-electron chi connectivity index (χ4n) is 2.94. The van der Waals surface area contributed by atoms with Gasteiger partial charge in [0.1, 0.15) is 22.8 Å². The number of hydrogen-bond donors (Lipinski definition) is 2. The van der Waals surface area contributed by atoms with Crippen molar-refractivity contribution in [3.63, 3.8) is 0 Å². The lowest BCUT2D eigenvalue weighted by molar-refractivity contribution is -0.118. The van der Waals surface area contributed by atoms with Crippen LogP contribution in [0.15, 0.2) is 23.4 Å². The van der Waals surface area contributed by atoms with E-state index in [0.29, 0.717) is 24.5 Å². The molecular weight excluding hydrogens is 370 g/mol. The number of nitrogens with zero attached hydrogens (tertiary/aromatic N) is 3. The molecule has 132 valence electrons. The van der Waals surface area contributed by atoms with Gasteiger partial charge in [0.15, 0.2) is 6.61 Å². The van der Waals surface area contributed by atoms with Gasteiger partial charge in [0.25, 0.3) is 5.91 Å². The summed E-state index contributed by atoms with van der Waals surface area (Å²) in [5, 5.41) is 6.66. The third kappa shape index (κ3) is 2.96. The van der Waals surface area contributed by atoms with Crippen LogP contribution in [0.4, 0.5) is 5.69 Å². The normalized spacial score (nSPS) is 19.6. The van der Waals surface area contributed by atoms with Gasteiger partial charge in [-0.25, -0.2) is 22.8 Å². The Hall–Kier alpha value is -2.17. The summed E-state index contributed by atoms with van der Waals surface area (Å²) >= 11 is 6.13. The first kappa shape index (κ1) is 16.3. The van der Waals surface area contributed by atoms with Gasteiger partial charge in [-0.05, 0) is 18.9 Å². The third-order valence-electron chi connectivity index (χ3n) is 4.07. The number of nitrogens with one attached hydrogen (secondary N) is 2. The van der Waals surface area contributed by atoms with Crippen LogP contribution in [0.3, 0.4) is 0 Å². The summed E-state index contributed by atoms with van der Waals surface area (Å²) in [6, 6.07) is 2.20. The average molecular weight is 384 g/mol. The van der Waals surface area contributed by atoms with Gasteiger partial charge in [0, 0.05) is 12.6 Å². The molecule has 0 saturated heterocycles. The van der Waals surface area contributed by atoms with Crippen molar-refractivity contribution in [2.24, 2.45) is 0 Å². The van der Waals surface area contributed by atoms with Crippen LogP contribution in [0.1, 0.15) is 24.7 Å². The van der Waals surface area contributed by atoms with Gasteiger partial charge < -0.3 is 10.1 Å². The number of amides is 1. The Balaban J connectivity index is 1.67. The van der Waals surface area contributed by atoms with Crippen LogP contribution in [0.5, 0.6) is 5.75 Å². The van der Waals surface area contributed by atoms with E-state index in [1.807, 2.05) is 0 Å². The monoisotopic (exact) mass is 383 g/mol. The summed E-state index contributed by atoms with van der Waals surface area (Å²) in [5.41, 5.74) is 0.345. The quantitative estimate of drug-likeness (QED) is 0.819. The Labute approximate surface area is 148 Å². The highest BCUT2D eigenvalue weighted by atomic mass is 35.5. The third-order valence-corrected chi connectivity index (χ3v) is 6.01. The summed E-state index contributed by atoms with van der Waals surface area (Å²) in [7, 11) is -3.91. The fraction of sp³-hybridized carbons (Fsp3) is 0.357. The molecule has 2 aliphatic heterocycles. The van der Waals surface area contributed by atoms with Crippen molar-refractivity contribution < 1.29 is 17.9 Å². The number of ether oxygens (including phenoxy) is 1. The first-order chi connectivity index (χ1) is 11.9. The molecule has 2 aliphatic rings. The molecule has 11 heteroatoms. The Bertz CT molecular complexity index is 958. The lowest BCUT2D eigenvalue weighted by atomic mass is 10.1. The molecule has 0 radical (unpaired) electrons. The predicted molar refractivity (Wildman–Crippen MR) is 87.9 cm³/mol. The number of rotatable bonds is 3. The SMILES string of the molecule is O=C1COc2cc(S(=O)(=O)NC3CCCn4ncnc43)c(Cl)cc2N1. The van der Waals surface area contributed by atoms with Crippen LogP contribution in [-0.2, 0) is 21.4 Å². The number of halogens is 1. The minimum atomic E-state index is -3.91. The molecule has 9 nitrogen and oxygen atoms in total. The zero-order chi connectivity index (χ0) is 17.6. The molecule has 4 rings (SSSR count). The summed E-state index contributed by atoms with van der Waals surface area (Å²) in [5.74, 6) is 0.516. The van der Waals surface area contributed by atoms with Crippen LogP contribution in [-0.4, -0.2) is 35.7 Å². The number of anilines is 1. The van der Waals surface area contributed by atoms with E-state index in [0.717, 1.165) is 6.42 Å². The minimum absolute atomic E-state index is 0.00525. The number of hydrogen-bond acceptors (Lipinski definition) is 6. The first-order valence-electron chi connectivity index (χ1n) is 7.60. The summed E-state index contributed by atoms with van der Waals surface area (Å²) in [6.45, 7) is 0.536. The van der Waals surface area contributed by atoms with E-state index in [-0.39, 0.29) is 28.2 Å². The molecule has 0 bridgehead atoms. The number of carbonyl (C=O) groups is 1. The molecule has 0 fully saturated rings. The fourth-order valence-corrected chi connectivity index (χ4v) is 4.71. The molecular formula is C14H14ClN5O4S. The Morgan fingerprint density at radius 2 is 2.24 bits per heavy atom. The first-order valence-corrected chi connectivity index (χ1v) is 9.46. The standard InChI is InChI=1S/C14H14ClN5O4S/c15-8-4-10-11(24-6-13(21)18-10)5-12(8)25(22,23)19-9-2-1-3-20-14(9)16-7-17-20/h4-5,7,9,19H,1-3,6H2,(H,18,21). The van der Waals surface area contributed by atoms with Crippen molar-refractivity contribution in [1.29, 1.82) is 0 Å². The summed E-state index contributed by atoms with van der Waals surface area (Å²) in [6.07, 6.45) is 2.81. The maximum atomic E-state index is 12.8. The second-order valence-corrected chi connectivity index (χ2v) is 7.86. The van der Waals surface area contributed by atoms with Crippen molar-refractivity contribution in [2.45, 2.75) is 30.3 Å². The number of benzene rings is 1. The molecule has 25 heavy (non-hydrogen) atoms. The number of aromatic nitrogens is 3. The van der Waals surface area contributed by atoms with Gasteiger partial charge in [0.05, 0.1) is 16.8 Å². The van der Waals surface area contributed by atoms with Crippen LogP contribution >= 0.6 is 11.6 Å². The molecule has 0 aliphatic carbocycles. The second-order valence-electron chi connectivity index (χ2n) is 5.77. The van der Waals surface area contributed by atoms with Crippen molar-refractivity contribution >= 4 is 33.2 Å². The predicted octanol–water partition coefficient (Wildman–Crippen LogP) is 1.08. The Morgan fingerprint density at radius 1 is 1.40 bits per heavy atom. The summed E-state index contributed by atoms with van der Waals surface area (Å²) in [4.78, 5) is 15.4. The van der Waals surface area contributed by atoms with Crippen molar-refractivity contribution in [1.82, 2.24) is 19.5 Å². The van der Waals surface area contributed by atoms with E-state index >= 15 is 0 Å². The van der Waals surface area contributed by atoms with E-state index in [1.54, 1.807) is 4.68 Å². The van der Waals surface area contributed by atoms with Crippen LogP contribution in [0, 0.1) is 0 Å². The van der Waals surface area contributed by atoms with Gasteiger partial charge in [-0.15, -0.1) is 0 Å². The molecule has 0 spiro atoms. The van der Waals surface area contributed by atoms with E-state index in [9.17, 15) is 13.2 Å². The zero-order valence-corrected chi connectivity index (χ0v) is 14.5. The van der Waals surface area contributed by atoms with E-state index in [2.05, 4.69) is 20.1 Å². The molecule has 0 saturated carbocycles.